The summed E-state index contributed by atoms with van der Waals surface area (Å²) < 4.78 is 5.74. The Balaban J connectivity index is 1.74. The summed E-state index contributed by atoms with van der Waals surface area (Å²) in [4.78, 5) is 29.2. The summed E-state index contributed by atoms with van der Waals surface area (Å²) in [6, 6.07) is 10.1. The number of oxazole rings is 1. The van der Waals surface area contributed by atoms with Gasteiger partial charge in [0.2, 0.25) is 11.8 Å². The van der Waals surface area contributed by atoms with Gasteiger partial charge in [-0.1, -0.05) is 23.2 Å². The van der Waals surface area contributed by atoms with Crippen molar-refractivity contribution in [1.82, 2.24) is 4.98 Å². The lowest BCUT2D eigenvalue weighted by Crippen LogP contribution is -2.25. The first-order chi connectivity index (χ1) is 12.4. The molecule has 1 aliphatic rings. The maximum Gasteiger partial charge on any atom is 0.308 e. The summed E-state index contributed by atoms with van der Waals surface area (Å²) in [6.45, 7) is 0.123. The van der Waals surface area contributed by atoms with Crippen molar-refractivity contribution in [1.29, 1.82) is 0 Å². The third-order valence-corrected chi connectivity index (χ3v) is 4.88. The number of amides is 1. The van der Waals surface area contributed by atoms with E-state index in [1.165, 1.54) is 4.90 Å². The van der Waals surface area contributed by atoms with Gasteiger partial charge in [-0.2, -0.15) is 0 Å². The second-order valence-electron chi connectivity index (χ2n) is 6.04. The molecule has 1 aromatic heterocycles. The van der Waals surface area contributed by atoms with Crippen LogP contribution in [0.3, 0.4) is 0 Å². The van der Waals surface area contributed by atoms with Crippen LogP contribution in [0, 0.1) is 5.92 Å². The van der Waals surface area contributed by atoms with Crippen LogP contribution in [0.1, 0.15) is 6.42 Å². The summed E-state index contributed by atoms with van der Waals surface area (Å²) in [5.41, 5.74) is 2.23. The number of carbonyl (C=O) groups is 2. The molecular weight excluding hydrogens is 379 g/mol. The third kappa shape index (κ3) is 2.91. The van der Waals surface area contributed by atoms with Gasteiger partial charge in [-0.25, -0.2) is 4.98 Å². The van der Waals surface area contributed by atoms with Crippen LogP contribution < -0.4 is 4.90 Å². The predicted molar refractivity (Wildman–Crippen MR) is 97.6 cm³/mol. The number of benzene rings is 2. The van der Waals surface area contributed by atoms with E-state index >= 15 is 0 Å². The zero-order valence-corrected chi connectivity index (χ0v) is 14.8. The molecule has 0 aliphatic carbocycles. The van der Waals surface area contributed by atoms with E-state index in [0.29, 0.717) is 38.3 Å². The minimum Gasteiger partial charge on any atom is -0.481 e. The standard InChI is InChI=1S/C18H12Cl2N2O4/c19-10-1-4-15-14(6-10)21-17(26-15)12-7-11(2-3-13(12)20)22-8-9(18(24)25)5-16(22)23/h1-4,6-7,9H,5,8H2,(H,24,25)/t9-/m0/s1. The number of carboxylic acids is 1. The van der Waals surface area contributed by atoms with E-state index in [1.807, 2.05) is 0 Å². The first-order valence-corrected chi connectivity index (χ1v) is 8.57. The summed E-state index contributed by atoms with van der Waals surface area (Å²) in [5.74, 6) is -1.63. The topological polar surface area (TPSA) is 83.6 Å². The molecule has 2 aromatic carbocycles. The average Bonchev–Trinajstić information content (AvgIpc) is 3.18. The number of aromatic nitrogens is 1. The summed E-state index contributed by atoms with van der Waals surface area (Å²) >= 11 is 12.3. The molecule has 1 fully saturated rings. The number of hydrogen-bond donors (Lipinski definition) is 1. The van der Waals surface area contributed by atoms with Gasteiger partial charge in [0.25, 0.3) is 0 Å². The van der Waals surface area contributed by atoms with Gasteiger partial charge in [-0.3, -0.25) is 9.59 Å². The number of aliphatic carboxylic acids is 1. The number of carbonyl (C=O) groups excluding carboxylic acids is 1. The van der Waals surface area contributed by atoms with Crippen LogP contribution in [0.15, 0.2) is 40.8 Å². The predicted octanol–water partition coefficient (Wildman–Crippen LogP) is 4.24. The second-order valence-corrected chi connectivity index (χ2v) is 6.88. The highest BCUT2D eigenvalue weighted by molar-refractivity contribution is 6.33. The zero-order valence-electron chi connectivity index (χ0n) is 13.3. The largest absolute Gasteiger partial charge is 0.481 e. The molecular formula is C18H12Cl2N2O4. The molecule has 0 unspecified atom stereocenters. The molecule has 1 saturated heterocycles. The van der Waals surface area contributed by atoms with E-state index in [0.717, 1.165) is 0 Å². The maximum absolute atomic E-state index is 12.2. The fourth-order valence-corrected chi connectivity index (χ4v) is 3.35. The Morgan fingerprint density at radius 1 is 1.23 bits per heavy atom. The molecule has 2 heterocycles. The summed E-state index contributed by atoms with van der Waals surface area (Å²) in [5, 5.41) is 10.1. The Labute approximate surface area is 157 Å². The fraction of sp³-hybridized carbons (Fsp3) is 0.167. The Bertz CT molecular complexity index is 1050. The lowest BCUT2D eigenvalue weighted by molar-refractivity contribution is -0.141. The van der Waals surface area contributed by atoms with Crippen LogP contribution >= 0.6 is 23.2 Å². The second kappa shape index (κ2) is 6.30. The van der Waals surface area contributed by atoms with Crippen molar-refractivity contribution in [3.8, 4) is 11.5 Å². The molecule has 1 atom stereocenters. The number of carboxylic acid groups (broad SMARTS) is 1. The number of halogens is 2. The molecule has 1 aliphatic heterocycles. The van der Waals surface area contributed by atoms with Crippen molar-refractivity contribution in [2.45, 2.75) is 6.42 Å². The van der Waals surface area contributed by atoms with Gasteiger partial charge in [0.05, 0.1) is 16.5 Å². The van der Waals surface area contributed by atoms with E-state index in [9.17, 15) is 9.59 Å². The van der Waals surface area contributed by atoms with E-state index in [4.69, 9.17) is 32.7 Å². The van der Waals surface area contributed by atoms with E-state index in [1.54, 1.807) is 36.4 Å². The SMILES string of the molecule is O=C(O)[C@H]1CC(=O)N(c2ccc(Cl)c(-c3nc4cc(Cl)ccc4o3)c2)C1. The molecule has 0 radical (unpaired) electrons. The first-order valence-electron chi connectivity index (χ1n) is 7.81. The van der Waals surface area contributed by atoms with Crippen molar-refractivity contribution in [3.63, 3.8) is 0 Å². The minimum atomic E-state index is -0.981. The van der Waals surface area contributed by atoms with Crippen molar-refractivity contribution in [2.24, 2.45) is 5.92 Å². The Kier molecular flexibility index (Phi) is 4.09. The van der Waals surface area contributed by atoms with Gasteiger partial charge in [-0.05, 0) is 36.4 Å². The third-order valence-electron chi connectivity index (χ3n) is 4.32. The van der Waals surface area contributed by atoms with Gasteiger partial charge < -0.3 is 14.4 Å². The summed E-state index contributed by atoms with van der Waals surface area (Å²) in [6.07, 6.45) is -0.0192. The first kappa shape index (κ1) is 16.9. The fourth-order valence-electron chi connectivity index (χ4n) is 2.98. The highest BCUT2D eigenvalue weighted by Gasteiger charge is 2.35. The van der Waals surface area contributed by atoms with Crippen molar-refractivity contribution in [3.05, 3.63) is 46.4 Å². The lowest BCUT2D eigenvalue weighted by Gasteiger charge is -2.17. The van der Waals surface area contributed by atoms with Crippen LogP contribution in [0.25, 0.3) is 22.6 Å². The van der Waals surface area contributed by atoms with E-state index in [-0.39, 0.29) is 18.9 Å². The van der Waals surface area contributed by atoms with Gasteiger partial charge in [0.1, 0.15) is 5.52 Å². The molecule has 3 aromatic rings. The average molecular weight is 391 g/mol. The highest BCUT2D eigenvalue weighted by atomic mass is 35.5. The monoisotopic (exact) mass is 390 g/mol. The number of nitrogens with zero attached hydrogens (tertiary/aromatic N) is 2. The maximum atomic E-state index is 12.2. The zero-order chi connectivity index (χ0) is 18.4. The molecule has 0 saturated carbocycles. The van der Waals surface area contributed by atoms with Crippen molar-refractivity contribution >= 4 is 51.9 Å². The van der Waals surface area contributed by atoms with E-state index in [2.05, 4.69) is 4.98 Å². The van der Waals surface area contributed by atoms with Crippen LogP contribution in [0.5, 0.6) is 0 Å². The van der Waals surface area contributed by atoms with Crippen LogP contribution in [-0.2, 0) is 9.59 Å². The van der Waals surface area contributed by atoms with Gasteiger partial charge in [-0.15, -0.1) is 0 Å². The Morgan fingerprint density at radius 3 is 2.77 bits per heavy atom. The number of hydrogen-bond acceptors (Lipinski definition) is 4. The molecule has 6 nitrogen and oxygen atoms in total. The molecule has 0 bridgehead atoms. The van der Waals surface area contributed by atoms with Crippen molar-refractivity contribution < 1.29 is 19.1 Å². The number of anilines is 1. The highest BCUT2D eigenvalue weighted by Crippen LogP contribution is 2.35. The molecule has 26 heavy (non-hydrogen) atoms. The molecule has 1 amide bonds. The molecule has 132 valence electrons. The summed E-state index contributed by atoms with van der Waals surface area (Å²) in [7, 11) is 0. The van der Waals surface area contributed by atoms with E-state index < -0.39 is 11.9 Å². The molecule has 0 spiro atoms. The number of fused-ring (bicyclic) bond motifs is 1. The van der Waals surface area contributed by atoms with Gasteiger partial charge in [0.15, 0.2) is 5.58 Å². The Hall–Kier alpha value is -2.57. The van der Waals surface area contributed by atoms with Crippen LogP contribution in [-0.4, -0.2) is 28.5 Å². The molecule has 8 heteroatoms. The van der Waals surface area contributed by atoms with Crippen LogP contribution in [0.2, 0.25) is 10.0 Å². The molecule has 1 N–H and O–H groups in total. The molecule has 4 rings (SSSR count). The quantitative estimate of drug-likeness (QED) is 0.722. The normalized spacial score (nSPS) is 17.2. The minimum absolute atomic E-state index is 0.0192. The lowest BCUT2D eigenvalue weighted by atomic mass is 10.1. The van der Waals surface area contributed by atoms with Gasteiger partial charge in [0, 0.05) is 23.7 Å². The Morgan fingerprint density at radius 2 is 2.04 bits per heavy atom. The smallest absolute Gasteiger partial charge is 0.308 e. The van der Waals surface area contributed by atoms with Gasteiger partial charge >= 0.3 is 5.97 Å². The van der Waals surface area contributed by atoms with Crippen LogP contribution in [0.4, 0.5) is 5.69 Å². The van der Waals surface area contributed by atoms with Crippen molar-refractivity contribution in [2.75, 3.05) is 11.4 Å². The number of rotatable bonds is 3.